The fourth-order valence-electron chi connectivity index (χ4n) is 4.25. The first-order chi connectivity index (χ1) is 14.2. The highest BCUT2D eigenvalue weighted by Crippen LogP contribution is 2.30. The first kappa shape index (κ1) is 19.4. The number of rotatable bonds is 6. The Morgan fingerprint density at radius 2 is 1.90 bits per heavy atom. The summed E-state index contributed by atoms with van der Waals surface area (Å²) in [5.74, 6) is 3.62. The SMILES string of the molecule is C#CCOc1cccc(C(NC(=O)O[C@H]2CN3CCC2CC3)c2ccccc2)c1. The lowest BCUT2D eigenvalue weighted by Gasteiger charge is -2.43. The highest BCUT2D eigenvalue weighted by atomic mass is 16.6. The van der Waals surface area contributed by atoms with Crippen LogP contribution in [0.25, 0.3) is 0 Å². The number of carbonyl (C=O) groups is 1. The minimum atomic E-state index is -0.382. The molecule has 0 aliphatic carbocycles. The fraction of sp³-hybridized carbons (Fsp3) is 0.375. The second kappa shape index (κ2) is 9.02. The van der Waals surface area contributed by atoms with Crippen LogP contribution in [0, 0.1) is 18.3 Å². The summed E-state index contributed by atoms with van der Waals surface area (Å²) in [5, 5.41) is 3.06. The van der Waals surface area contributed by atoms with Crippen LogP contribution in [-0.4, -0.2) is 43.3 Å². The lowest BCUT2D eigenvalue weighted by Crippen LogP contribution is -2.52. The second-order valence-corrected chi connectivity index (χ2v) is 7.64. The van der Waals surface area contributed by atoms with Crippen molar-refractivity contribution in [2.45, 2.75) is 25.0 Å². The van der Waals surface area contributed by atoms with Crippen LogP contribution in [0.15, 0.2) is 54.6 Å². The van der Waals surface area contributed by atoms with Crippen molar-refractivity contribution in [1.29, 1.82) is 0 Å². The van der Waals surface area contributed by atoms with E-state index in [1.807, 2.05) is 54.6 Å². The molecule has 0 aromatic heterocycles. The van der Waals surface area contributed by atoms with Crippen LogP contribution in [0.1, 0.15) is 30.0 Å². The van der Waals surface area contributed by atoms with Gasteiger partial charge in [0, 0.05) is 6.54 Å². The van der Waals surface area contributed by atoms with Crippen LogP contribution in [0.5, 0.6) is 5.75 Å². The molecule has 3 heterocycles. The Bertz CT molecular complexity index is 869. The molecular weight excluding hydrogens is 364 g/mol. The highest BCUT2D eigenvalue weighted by Gasteiger charge is 2.36. The Morgan fingerprint density at radius 3 is 2.59 bits per heavy atom. The molecule has 5 rings (SSSR count). The Hall–Kier alpha value is -2.97. The van der Waals surface area contributed by atoms with Gasteiger partial charge in [-0.15, -0.1) is 6.42 Å². The second-order valence-electron chi connectivity index (χ2n) is 7.64. The molecular formula is C24H26N2O3. The van der Waals surface area contributed by atoms with Gasteiger partial charge in [-0.3, -0.25) is 4.90 Å². The molecule has 0 radical (unpaired) electrons. The number of hydrogen-bond donors (Lipinski definition) is 1. The lowest BCUT2D eigenvalue weighted by molar-refractivity contribution is -0.0336. The third kappa shape index (κ3) is 4.72. The fourth-order valence-corrected chi connectivity index (χ4v) is 4.25. The van der Waals surface area contributed by atoms with Gasteiger partial charge < -0.3 is 14.8 Å². The number of hydrogen-bond acceptors (Lipinski definition) is 4. The first-order valence-electron chi connectivity index (χ1n) is 10.1. The number of amides is 1. The molecule has 1 amide bonds. The van der Waals surface area contributed by atoms with Crippen molar-refractivity contribution in [3.8, 4) is 18.1 Å². The van der Waals surface area contributed by atoms with Gasteiger partial charge in [0.2, 0.25) is 0 Å². The van der Waals surface area contributed by atoms with Gasteiger partial charge in [-0.2, -0.15) is 0 Å². The number of ether oxygens (including phenoxy) is 2. The lowest BCUT2D eigenvalue weighted by atomic mass is 9.86. The van der Waals surface area contributed by atoms with Crippen LogP contribution in [0.2, 0.25) is 0 Å². The zero-order valence-corrected chi connectivity index (χ0v) is 16.4. The number of alkyl carbamates (subject to hydrolysis) is 1. The zero-order chi connectivity index (χ0) is 20.1. The molecule has 2 atom stereocenters. The van der Waals surface area contributed by atoms with Gasteiger partial charge in [0.1, 0.15) is 18.5 Å². The number of benzene rings is 2. The zero-order valence-electron chi connectivity index (χ0n) is 16.4. The van der Waals surface area contributed by atoms with E-state index < -0.39 is 0 Å². The van der Waals surface area contributed by atoms with Crippen molar-refractivity contribution < 1.29 is 14.3 Å². The van der Waals surface area contributed by atoms with Gasteiger partial charge in [0.15, 0.2) is 0 Å². The van der Waals surface area contributed by atoms with Crippen molar-refractivity contribution in [3.05, 3.63) is 65.7 Å². The summed E-state index contributed by atoms with van der Waals surface area (Å²) in [6, 6.07) is 17.2. The minimum absolute atomic E-state index is 0.0285. The van der Waals surface area contributed by atoms with Gasteiger partial charge in [0.05, 0.1) is 6.04 Å². The summed E-state index contributed by atoms with van der Waals surface area (Å²) in [4.78, 5) is 15.2. The van der Waals surface area contributed by atoms with Crippen LogP contribution >= 0.6 is 0 Å². The van der Waals surface area contributed by atoms with Crippen LogP contribution in [0.3, 0.4) is 0 Å². The number of nitrogens with one attached hydrogen (secondary N) is 1. The van der Waals surface area contributed by atoms with E-state index in [4.69, 9.17) is 15.9 Å². The summed E-state index contributed by atoms with van der Waals surface area (Å²) < 4.78 is 11.4. The summed E-state index contributed by atoms with van der Waals surface area (Å²) in [5.41, 5.74) is 1.89. The summed E-state index contributed by atoms with van der Waals surface area (Å²) in [7, 11) is 0. The molecule has 3 fully saturated rings. The van der Waals surface area contributed by atoms with E-state index in [1.54, 1.807) is 0 Å². The predicted octanol–water partition coefficient (Wildman–Crippen LogP) is 3.61. The number of piperidine rings is 3. The topological polar surface area (TPSA) is 50.8 Å². The standard InChI is InChI=1S/C24H26N2O3/c1-2-15-28-21-10-6-9-20(16-21)23(19-7-4-3-5-8-19)25-24(27)29-22-17-26-13-11-18(22)12-14-26/h1,3-10,16,18,22-23H,11-15,17H2,(H,25,27)/t22-,23?/m0/s1. The largest absolute Gasteiger partial charge is 0.481 e. The third-order valence-electron chi connectivity index (χ3n) is 5.76. The van der Waals surface area contributed by atoms with Gasteiger partial charge in [-0.1, -0.05) is 48.4 Å². The molecule has 3 aliphatic rings. The molecule has 1 unspecified atom stereocenters. The molecule has 2 aromatic rings. The Morgan fingerprint density at radius 1 is 1.14 bits per heavy atom. The normalized spacial score (nSPS) is 23.6. The van der Waals surface area contributed by atoms with Gasteiger partial charge >= 0.3 is 6.09 Å². The molecule has 150 valence electrons. The van der Waals surface area contributed by atoms with E-state index in [2.05, 4.69) is 16.1 Å². The molecule has 0 spiro atoms. The summed E-state index contributed by atoms with van der Waals surface area (Å²) >= 11 is 0. The van der Waals surface area contributed by atoms with Gasteiger partial charge in [-0.25, -0.2) is 4.79 Å². The van der Waals surface area contributed by atoms with E-state index in [-0.39, 0.29) is 24.8 Å². The smallest absolute Gasteiger partial charge is 0.408 e. The van der Waals surface area contributed by atoms with Crippen molar-refractivity contribution in [2.24, 2.45) is 5.92 Å². The minimum Gasteiger partial charge on any atom is -0.481 e. The van der Waals surface area contributed by atoms with Crippen molar-refractivity contribution >= 4 is 6.09 Å². The molecule has 5 nitrogen and oxygen atoms in total. The molecule has 0 saturated carbocycles. The average Bonchev–Trinajstić information content (AvgIpc) is 2.78. The maximum absolute atomic E-state index is 12.8. The maximum Gasteiger partial charge on any atom is 0.408 e. The van der Waals surface area contributed by atoms with E-state index in [1.165, 1.54) is 0 Å². The summed E-state index contributed by atoms with van der Waals surface area (Å²) in [6.07, 6.45) is 7.09. The molecule has 3 saturated heterocycles. The Kier molecular flexibility index (Phi) is 6.02. The third-order valence-corrected chi connectivity index (χ3v) is 5.76. The Labute approximate surface area is 172 Å². The van der Waals surface area contributed by atoms with Gasteiger partial charge in [-0.05, 0) is 55.1 Å². The van der Waals surface area contributed by atoms with Crippen molar-refractivity contribution in [2.75, 3.05) is 26.2 Å². The van der Waals surface area contributed by atoms with Crippen molar-refractivity contribution in [3.63, 3.8) is 0 Å². The molecule has 3 aliphatic heterocycles. The monoisotopic (exact) mass is 390 g/mol. The van der Waals surface area contributed by atoms with Crippen LogP contribution < -0.4 is 10.1 Å². The molecule has 2 aromatic carbocycles. The van der Waals surface area contributed by atoms with Crippen LogP contribution in [0.4, 0.5) is 4.79 Å². The number of nitrogens with zero attached hydrogens (tertiary/aromatic N) is 1. The number of carbonyl (C=O) groups excluding carboxylic acids is 1. The molecule has 29 heavy (non-hydrogen) atoms. The predicted molar refractivity (Wildman–Crippen MR) is 112 cm³/mol. The number of terminal acetylenes is 1. The van der Waals surface area contributed by atoms with E-state index in [9.17, 15) is 4.79 Å². The molecule has 5 heteroatoms. The van der Waals surface area contributed by atoms with E-state index >= 15 is 0 Å². The van der Waals surface area contributed by atoms with E-state index in [0.717, 1.165) is 43.6 Å². The van der Waals surface area contributed by atoms with Gasteiger partial charge in [0.25, 0.3) is 0 Å². The molecule has 2 bridgehead atoms. The van der Waals surface area contributed by atoms with Crippen molar-refractivity contribution in [1.82, 2.24) is 10.2 Å². The van der Waals surface area contributed by atoms with Crippen LogP contribution in [-0.2, 0) is 4.74 Å². The Balaban J connectivity index is 1.51. The first-order valence-corrected chi connectivity index (χ1v) is 10.1. The molecule has 1 N–H and O–H groups in total. The maximum atomic E-state index is 12.8. The number of fused-ring (bicyclic) bond motifs is 3. The van der Waals surface area contributed by atoms with E-state index in [0.29, 0.717) is 11.7 Å². The highest BCUT2D eigenvalue weighted by molar-refractivity contribution is 5.69. The average molecular weight is 390 g/mol. The quantitative estimate of drug-likeness (QED) is 0.766. The summed E-state index contributed by atoms with van der Waals surface area (Å²) in [6.45, 7) is 3.27.